The molecule has 4 aliphatic rings. The SMILES string of the molecule is C=C1CC[C@H]2C3[C@@H](O)[C@H](OC(C)=O)C4C[C@@H](N)CC[C@]4(C)[C@H]3CC[C@]12C. The summed E-state index contributed by atoms with van der Waals surface area (Å²) in [6.45, 7) is 10.6. The Balaban J connectivity index is 1.75. The van der Waals surface area contributed by atoms with Crippen molar-refractivity contribution in [3.05, 3.63) is 12.2 Å². The van der Waals surface area contributed by atoms with E-state index in [4.69, 9.17) is 10.5 Å². The summed E-state index contributed by atoms with van der Waals surface area (Å²) in [5.41, 5.74) is 7.89. The minimum Gasteiger partial charge on any atom is -0.459 e. The van der Waals surface area contributed by atoms with E-state index < -0.39 is 12.2 Å². The van der Waals surface area contributed by atoms with Crippen LogP contribution in [0.2, 0.25) is 0 Å². The van der Waals surface area contributed by atoms with E-state index in [0.717, 1.165) is 38.5 Å². The minimum absolute atomic E-state index is 0.102. The van der Waals surface area contributed by atoms with Gasteiger partial charge in [-0.25, -0.2) is 0 Å². The quantitative estimate of drug-likeness (QED) is 0.554. The Bertz CT molecular complexity index is 619. The summed E-state index contributed by atoms with van der Waals surface area (Å²) in [7, 11) is 0. The Morgan fingerprint density at radius 3 is 2.62 bits per heavy atom. The molecule has 0 radical (unpaired) electrons. The fourth-order valence-corrected chi connectivity index (χ4v) is 7.51. The van der Waals surface area contributed by atoms with Gasteiger partial charge in [-0.05, 0) is 73.5 Å². The Morgan fingerprint density at radius 2 is 1.92 bits per heavy atom. The van der Waals surface area contributed by atoms with Gasteiger partial charge in [0.05, 0.1) is 6.10 Å². The van der Waals surface area contributed by atoms with E-state index >= 15 is 0 Å². The van der Waals surface area contributed by atoms with Crippen LogP contribution < -0.4 is 5.73 Å². The summed E-state index contributed by atoms with van der Waals surface area (Å²) < 4.78 is 5.78. The number of hydrogen-bond donors (Lipinski definition) is 2. The van der Waals surface area contributed by atoms with Crippen molar-refractivity contribution >= 4 is 5.97 Å². The number of ether oxygens (including phenoxy) is 1. The van der Waals surface area contributed by atoms with Gasteiger partial charge in [0, 0.05) is 18.9 Å². The molecule has 0 aromatic carbocycles. The topological polar surface area (TPSA) is 72.5 Å². The third-order valence-electron chi connectivity index (χ3n) is 9.02. The predicted molar refractivity (Wildman–Crippen MR) is 101 cm³/mol. The number of aliphatic hydroxyl groups excluding tert-OH is 1. The number of carbonyl (C=O) groups excluding carboxylic acids is 1. The molecule has 0 saturated heterocycles. The molecule has 0 spiro atoms. The molecule has 4 nitrogen and oxygen atoms in total. The number of fused-ring (bicyclic) bond motifs is 5. The second-order valence-electron chi connectivity index (χ2n) is 10.1. The summed E-state index contributed by atoms with van der Waals surface area (Å²) in [5, 5.41) is 11.5. The van der Waals surface area contributed by atoms with Crippen molar-refractivity contribution in [2.24, 2.45) is 40.2 Å². The number of allylic oxidation sites excluding steroid dienone is 1. The van der Waals surface area contributed by atoms with E-state index in [1.165, 1.54) is 18.9 Å². The Labute approximate surface area is 157 Å². The largest absolute Gasteiger partial charge is 0.459 e. The number of hydrogen-bond acceptors (Lipinski definition) is 4. The van der Waals surface area contributed by atoms with E-state index in [9.17, 15) is 9.90 Å². The lowest BCUT2D eigenvalue weighted by Crippen LogP contribution is -2.65. The smallest absolute Gasteiger partial charge is 0.303 e. The molecule has 9 atom stereocenters. The predicted octanol–water partition coefficient (Wildman–Crippen LogP) is 3.43. The van der Waals surface area contributed by atoms with Crippen LogP contribution in [0, 0.1) is 34.5 Å². The van der Waals surface area contributed by atoms with E-state index in [1.807, 2.05) is 0 Å². The molecule has 4 fully saturated rings. The van der Waals surface area contributed by atoms with Crippen LogP contribution in [0.3, 0.4) is 0 Å². The first-order chi connectivity index (χ1) is 12.2. The average Bonchev–Trinajstić information content (AvgIpc) is 2.88. The molecule has 0 heterocycles. The van der Waals surface area contributed by atoms with Crippen LogP contribution in [-0.4, -0.2) is 29.3 Å². The van der Waals surface area contributed by atoms with Crippen molar-refractivity contribution in [1.29, 1.82) is 0 Å². The maximum absolute atomic E-state index is 11.8. The number of aliphatic hydroxyl groups is 1. The van der Waals surface area contributed by atoms with Gasteiger partial charge in [0.25, 0.3) is 0 Å². The van der Waals surface area contributed by atoms with Crippen molar-refractivity contribution in [2.45, 2.75) is 84.0 Å². The minimum atomic E-state index is -0.581. The molecule has 26 heavy (non-hydrogen) atoms. The molecular weight excluding hydrogens is 326 g/mol. The van der Waals surface area contributed by atoms with E-state index in [0.29, 0.717) is 11.8 Å². The second-order valence-corrected chi connectivity index (χ2v) is 10.1. The van der Waals surface area contributed by atoms with Crippen LogP contribution >= 0.6 is 0 Å². The third-order valence-corrected chi connectivity index (χ3v) is 9.02. The number of rotatable bonds is 1. The highest BCUT2D eigenvalue weighted by molar-refractivity contribution is 5.66. The molecule has 4 heteroatoms. The van der Waals surface area contributed by atoms with Crippen LogP contribution in [0.15, 0.2) is 12.2 Å². The first kappa shape index (κ1) is 18.5. The first-order valence-electron chi connectivity index (χ1n) is 10.5. The third kappa shape index (κ3) is 2.44. The van der Waals surface area contributed by atoms with Crippen molar-refractivity contribution < 1.29 is 14.6 Å². The first-order valence-corrected chi connectivity index (χ1v) is 10.5. The molecule has 4 aliphatic carbocycles. The van der Waals surface area contributed by atoms with Crippen LogP contribution in [0.4, 0.5) is 0 Å². The zero-order valence-corrected chi connectivity index (χ0v) is 16.5. The molecule has 146 valence electrons. The van der Waals surface area contributed by atoms with Gasteiger partial charge in [-0.3, -0.25) is 4.79 Å². The van der Waals surface area contributed by atoms with E-state index in [-0.39, 0.29) is 34.7 Å². The molecule has 0 aliphatic heterocycles. The Kier molecular flexibility index (Phi) is 4.31. The standard InChI is InChI=1S/C22H35NO3/c1-12-5-6-15-18-16(8-10-21(12,15)3)22(4)9-7-14(23)11-17(22)20(19(18)25)26-13(2)24/h14-20,25H,1,5-11,23H2,2-4H3/t14-,15-,16-,17?,18?,19+,20+,21+,22+/m0/s1. The maximum atomic E-state index is 11.8. The fraction of sp³-hybridized carbons (Fsp3) is 0.864. The summed E-state index contributed by atoms with van der Waals surface area (Å²) in [6.07, 6.45) is 6.47. The van der Waals surface area contributed by atoms with Gasteiger partial charge in [0.2, 0.25) is 0 Å². The van der Waals surface area contributed by atoms with E-state index in [1.54, 1.807) is 0 Å². The van der Waals surface area contributed by atoms with Crippen molar-refractivity contribution in [2.75, 3.05) is 0 Å². The van der Waals surface area contributed by atoms with Crippen molar-refractivity contribution in [3.63, 3.8) is 0 Å². The zero-order valence-electron chi connectivity index (χ0n) is 16.5. The molecule has 4 rings (SSSR count). The molecule has 0 aromatic rings. The number of carbonyl (C=O) groups is 1. The molecule has 4 saturated carbocycles. The molecule has 3 N–H and O–H groups in total. The lowest BCUT2D eigenvalue weighted by atomic mass is 9.43. The zero-order chi connectivity index (χ0) is 18.9. The highest BCUT2D eigenvalue weighted by Crippen LogP contribution is 2.67. The Morgan fingerprint density at radius 1 is 1.19 bits per heavy atom. The van der Waals surface area contributed by atoms with Gasteiger partial charge in [0.1, 0.15) is 6.10 Å². The molecule has 0 amide bonds. The summed E-state index contributed by atoms with van der Waals surface area (Å²) in [6, 6.07) is 0.148. The number of nitrogens with two attached hydrogens (primary N) is 1. The van der Waals surface area contributed by atoms with Gasteiger partial charge in [-0.2, -0.15) is 0 Å². The lowest BCUT2D eigenvalue weighted by molar-refractivity contribution is -0.223. The molecule has 0 aromatic heterocycles. The number of esters is 1. The van der Waals surface area contributed by atoms with Crippen molar-refractivity contribution in [3.8, 4) is 0 Å². The summed E-state index contributed by atoms with van der Waals surface area (Å²) in [5.74, 6) is 1.03. The second kappa shape index (κ2) is 6.07. The average molecular weight is 362 g/mol. The highest BCUT2D eigenvalue weighted by Gasteiger charge is 2.64. The van der Waals surface area contributed by atoms with Gasteiger partial charge < -0.3 is 15.6 Å². The van der Waals surface area contributed by atoms with E-state index in [2.05, 4.69) is 20.4 Å². The van der Waals surface area contributed by atoms with Crippen LogP contribution in [0.25, 0.3) is 0 Å². The highest BCUT2D eigenvalue weighted by atomic mass is 16.6. The van der Waals surface area contributed by atoms with Gasteiger partial charge in [-0.1, -0.05) is 26.0 Å². The molecule has 2 unspecified atom stereocenters. The molecular formula is C22H35NO3. The van der Waals surface area contributed by atoms with Crippen LogP contribution in [0.5, 0.6) is 0 Å². The normalized spacial score (nSPS) is 53.4. The summed E-state index contributed by atoms with van der Waals surface area (Å²) >= 11 is 0. The monoisotopic (exact) mass is 361 g/mol. The molecule has 0 bridgehead atoms. The van der Waals surface area contributed by atoms with Gasteiger partial charge in [-0.15, -0.1) is 0 Å². The van der Waals surface area contributed by atoms with Gasteiger partial charge in [0.15, 0.2) is 0 Å². The van der Waals surface area contributed by atoms with Crippen LogP contribution in [-0.2, 0) is 9.53 Å². The van der Waals surface area contributed by atoms with Crippen molar-refractivity contribution in [1.82, 2.24) is 0 Å². The fourth-order valence-electron chi connectivity index (χ4n) is 7.51. The maximum Gasteiger partial charge on any atom is 0.303 e. The summed E-state index contributed by atoms with van der Waals surface area (Å²) in [4.78, 5) is 11.8. The Hall–Kier alpha value is -0.870. The lowest BCUT2D eigenvalue weighted by Gasteiger charge is -2.63. The van der Waals surface area contributed by atoms with Crippen LogP contribution in [0.1, 0.15) is 65.7 Å². The van der Waals surface area contributed by atoms with Gasteiger partial charge >= 0.3 is 5.97 Å².